The fraction of sp³-hybridized carbons (Fsp3) is 0.375. The van der Waals surface area contributed by atoms with Gasteiger partial charge in [0, 0.05) is 33.0 Å². The van der Waals surface area contributed by atoms with Crippen LogP contribution in [-0.4, -0.2) is 57.1 Å². The van der Waals surface area contributed by atoms with E-state index in [1.54, 1.807) is 31.2 Å². The van der Waals surface area contributed by atoms with E-state index in [1.807, 2.05) is 12.1 Å². The molecule has 0 saturated heterocycles. The molecule has 0 spiro atoms. The number of hydrogen-bond acceptors (Lipinski definition) is 7. The van der Waals surface area contributed by atoms with Gasteiger partial charge in [0.05, 0.1) is 22.9 Å². The molecule has 0 bridgehead atoms. The number of nitrogens with two attached hydrogens (primary N) is 1. The Balaban J connectivity index is 1.61. The van der Waals surface area contributed by atoms with Crippen molar-refractivity contribution in [3.8, 4) is 11.5 Å². The zero-order valence-electron chi connectivity index (χ0n) is 19.2. The Morgan fingerprint density at radius 3 is 2.70 bits per heavy atom. The first-order valence-corrected chi connectivity index (χ1v) is 10.9. The normalized spacial score (nSPS) is 15.8. The summed E-state index contributed by atoms with van der Waals surface area (Å²) in [5.74, 6) is 1.42. The average molecular weight is 448 g/mol. The number of hydrogen-bond donors (Lipinski definition) is 1. The summed E-state index contributed by atoms with van der Waals surface area (Å²) in [6.07, 6.45) is 7.10. The fourth-order valence-electron chi connectivity index (χ4n) is 3.96. The summed E-state index contributed by atoms with van der Waals surface area (Å²) in [5, 5.41) is 8.60. The third-order valence-corrected chi connectivity index (χ3v) is 6.22. The first-order chi connectivity index (χ1) is 15.9. The average Bonchev–Trinajstić information content (AvgIpc) is 3.37. The van der Waals surface area contributed by atoms with Crippen molar-refractivity contribution >= 4 is 11.6 Å². The molecule has 1 saturated carbocycles. The first kappa shape index (κ1) is 22.6. The van der Waals surface area contributed by atoms with E-state index in [0.29, 0.717) is 29.7 Å². The van der Waals surface area contributed by atoms with Gasteiger partial charge in [-0.3, -0.25) is 14.5 Å². The van der Waals surface area contributed by atoms with Crippen LogP contribution in [0.2, 0.25) is 0 Å². The minimum atomic E-state index is -0.379. The van der Waals surface area contributed by atoms with Crippen LogP contribution >= 0.6 is 0 Å². The molecule has 1 aliphatic carbocycles. The van der Waals surface area contributed by atoms with Crippen molar-refractivity contribution < 1.29 is 9.32 Å². The number of carbonyl (C=O) groups is 1. The molecule has 3 aromatic rings. The van der Waals surface area contributed by atoms with Gasteiger partial charge in [0.15, 0.2) is 5.82 Å². The van der Waals surface area contributed by atoms with Gasteiger partial charge in [0.2, 0.25) is 5.91 Å². The Morgan fingerprint density at radius 1 is 1.36 bits per heavy atom. The van der Waals surface area contributed by atoms with Crippen molar-refractivity contribution in [1.82, 2.24) is 24.8 Å². The summed E-state index contributed by atoms with van der Waals surface area (Å²) < 4.78 is 7.19. The smallest absolute Gasteiger partial charge is 0.261 e. The molecule has 33 heavy (non-hydrogen) atoms. The highest BCUT2D eigenvalue weighted by molar-refractivity contribution is 6.02. The summed E-state index contributed by atoms with van der Waals surface area (Å²) in [7, 11) is 3.43. The van der Waals surface area contributed by atoms with E-state index in [2.05, 4.69) is 40.9 Å². The van der Waals surface area contributed by atoms with Crippen LogP contribution in [0.3, 0.4) is 0 Å². The third-order valence-electron chi connectivity index (χ3n) is 6.22. The van der Waals surface area contributed by atoms with Crippen LogP contribution < -0.4 is 5.73 Å². The second-order valence-electron chi connectivity index (χ2n) is 8.65. The van der Waals surface area contributed by atoms with Gasteiger partial charge in [0.25, 0.3) is 5.89 Å². The maximum absolute atomic E-state index is 11.9. The lowest BCUT2D eigenvalue weighted by Gasteiger charge is -2.27. The minimum absolute atomic E-state index is 0.0449. The molecule has 1 amide bonds. The van der Waals surface area contributed by atoms with Crippen molar-refractivity contribution in [2.24, 2.45) is 16.6 Å². The van der Waals surface area contributed by atoms with Crippen molar-refractivity contribution in [2.45, 2.75) is 31.7 Å². The molecule has 2 heterocycles. The molecule has 4 rings (SSSR count). The summed E-state index contributed by atoms with van der Waals surface area (Å²) in [6, 6.07) is 8.22. The largest absolute Gasteiger partial charge is 0.347 e. The Kier molecular flexibility index (Phi) is 6.24. The fourth-order valence-corrected chi connectivity index (χ4v) is 3.96. The van der Waals surface area contributed by atoms with Gasteiger partial charge in [-0.15, -0.1) is 0 Å². The topological polar surface area (TPSA) is 115 Å². The second kappa shape index (κ2) is 9.11. The van der Waals surface area contributed by atoms with Gasteiger partial charge in [-0.2, -0.15) is 10.1 Å². The molecule has 0 radical (unpaired) electrons. The van der Waals surface area contributed by atoms with Crippen LogP contribution in [0.1, 0.15) is 36.7 Å². The van der Waals surface area contributed by atoms with Gasteiger partial charge < -0.3 is 15.2 Å². The molecule has 2 aromatic heterocycles. The Hall–Kier alpha value is -3.59. The van der Waals surface area contributed by atoms with Crippen molar-refractivity contribution in [3.05, 3.63) is 66.4 Å². The lowest BCUT2D eigenvalue weighted by atomic mass is 9.77. The van der Waals surface area contributed by atoms with Crippen LogP contribution in [-0.2, 0) is 16.8 Å². The monoisotopic (exact) mass is 447 g/mol. The SMILES string of the molecule is C=C/N=C(\CN)c1ccc(C(C)(c2noc(-c3cnn(CC(=O)N(C)C)c3)n2)C2CC2)cc1. The molecule has 1 aliphatic rings. The summed E-state index contributed by atoms with van der Waals surface area (Å²) in [4.78, 5) is 22.5. The predicted molar refractivity (Wildman–Crippen MR) is 126 cm³/mol. The maximum atomic E-state index is 11.9. The van der Waals surface area contributed by atoms with E-state index in [1.165, 1.54) is 11.1 Å². The molecule has 0 aliphatic heterocycles. The van der Waals surface area contributed by atoms with Crippen molar-refractivity contribution in [1.29, 1.82) is 0 Å². The number of likely N-dealkylation sites (N-methyl/N-ethyl adjacent to an activating group) is 1. The van der Waals surface area contributed by atoms with Crippen LogP contribution in [0.25, 0.3) is 11.5 Å². The number of aromatic nitrogens is 4. The number of nitrogens with zero attached hydrogens (tertiary/aromatic N) is 6. The summed E-state index contributed by atoms with van der Waals surface area (Å²) >= 11 is 0. The Morgan fingerprint density at radius 2 is 2.09 bits per heavy atom. The molecule has 2 N–H and O–H groups in total. The Bertz CT molecular complexity index is 1170. The molecule has 9 nitrogen and oxygen atoms in total. The molecule has 172 valence electrons. The van der Waals surface area contributed by atoms with Crippen LogP contribution in [0.15, 0.2) is 59.0 Å². The number of carbonyl (C=O) groups excluding carboxylic acids is 1. The first-order valence-electron chi connectivity index (χ1n) is 10.9. The number of rotatable bonds is 9. The lowest BCUT2D eigenvalue weighted by Crippen LogP contribution is -2.28. The zero-order chi connectivity index (χ0) is 23.6. The highest BCUT2D eigenvalue weighted by Gasteiger charge is 2.47. The molecule has 1 fully saturated rings. The summed E-state index contributed by atoms with van der Waals surface area (Å²) in [5.41, 5.74) is 9.00. The predicted octanol–water partition coefficient (Wildman–Crippen LogP) is 2.63. The quantitative estimate of drug-likeness (QED) is 0.504. The number of amides is 1. The molecule has 1 aromatic carbocycles. The second-order valence-corrected chi connectivity index (χ2v) is 8.65. The number of benzene rings is 1. The minimum Gasteiger partial charge on any atom is -0.347 e. The van der Waals surface area contributed by atoms with Gasteiger partial charge in [0.1, 0.15) is 6.54 Å². The number of aliphatic imine (C=N–C) groups is 1. The highest BCUT2D eigenvalue weighted by atomic mass is 16.5. The molecule has 1 atom stereocenters. The van der Waals surface area contributed by atoms with E-state index < -0.39 is 0 Å². The van der Waals surface area contributed by atoms with Gasteiger partial charge in [-0.05, 0) is 36.8 Å². The third kappa shape index (κ3) is 4.49. The van der Waals surface area contributed by atoms with Crippen molar-refractivity contribution in [3.63, 3.8) is 0 Å². The van der Waals surface area contributed by atoms with E-state index in [-0.39, 0.29) is 17.9 Å². The van der Waals surface area contributed by atoms with E-state index in [0.717, 1.165) is 29.7 Å². The lowest BCUT2D eigenvalue weighted by molar-refractivity contribution is -0.129. The highest BCUT2D eigenvalue weighted by Crippen LogP contribution is 2.50. The van der Waals surface area contributed by atoms with E-state index >= 15 is 0 Å². The van der Waals surface area contributed by atoms with Crippen LogP contribution in [0.4, 0.5) is 0 Å². The summed E-state index contributed by atoms with van der Waals surface area (Å²) in [6.45, 7) is 6.31. The van der Waals surface area contributed by atoms with Crippen molar-refractivity contribution in [2.75, 3.05) is 20.6 Å². The van der Waals surface area contributed by atoms with E-state index in [9.17, 15) is 4.79 Å². The standard InChI is InChI=1S/C24H29N7O2/c1-5-26-20(12-25)16-6-8-18(9-7-16)24(2,19-10-11-19)23-28-22(33-29-23)17-13-27-31(14-17)15-21(32)30(3)4/h5-9,13-14,19H,1,10-12,15,25H2,2-4H3/b26-20+. The van der Waals surface area contributed by atoms with Gasteiger partial charge >= 0.3 is 0 Å². The van der Waals surface area contributed by atoms with Crippen LogP contribution in [0.5, 0.6) is 0 Å². The molecule has 9 heteroatoms. The molecule has 1 unspecified atom stereocenters. The maximum Gasteiger partial charge on any atom is 0.261 e. The molecular formula is C24H29N7O2. The van der Waals surface area contributed by atoms with Gasteiger partial charge in [-0.25, -0.2) is 0 Å². The Labute approximate surface area is 193 Å². The van der Waals surface area contributed by atoms with Crippen LogP contribution in [0, 0.1) is 5.92 Å². The van der Waals surface area contributed by atoms with Gasteiger partial charge in [-0.1, -0.05) is 36.0 Å². The molecular weight excluding hydrogens is 418 g/mol. The van der Waals surface area contributed by atoms with E-state index in [4.69, 9.17) is 15.2 Å². The zero-order valence-corrected chi connectivity index (χ0v) is 19.2.